The van der Waals surface area contributed by atoms with E-state index in [4.69, 9.17) is 4.74 Å². The second-order valence-corrected chi connectivity index (χ2v) is 7.95. The lowest BCUT2D eigenvalue weighted by atomic mass is 10.1. The lowest BCUT2D eigenvalue weighted by molar-refractivity contribution is -0.127. The molecule has 0 atom stereocenters. The first-order chi connectivity index (χ1) is 16.5. The first kappa shape index (κ1) is 23.4. The van der Waals surface area contributed by atoms with Gasteiger partial charge < -0.3 is 14.4 Å². The van der Waals surface area contributed by atoms with E-state index in [1.165, 1.54) is 12.1 Å². The number of halogens is 2. The number of benzene rings is 2. The third kappa shape index (κ3) is 6.40. The highest BCUT2D eigenvalue weighted by Crippen LogP contribution is 2.33. The van der Waals surface area contributed by atoms with E-state index in [-0.39, 0.29) is 23.4 Å². The van der Waals surface area contributed by atoms with Crippen LogP contribution in [-0.4, -0.2) is 45.1 Å². The predicted molar refractivity (Wildman–Crippen MR) is 122 cm³/mol. The number of alkyl halides is 2. The largest absolute Gasteiger partial charge is 0.490 e. The molecular formula is C25H26F2N4O3. The molecule has 34 heavy (non-hydrogen) atoms. The Morgan fingerprint density at radius 2 is 1.97 bits per heavy atom. The Kier molecular flexibility index (Phi) is 7.51. The van der Waals surface area contributed by atoms with Gasteiger partial charge in [-0.3, -0.25) is 4.79 Å². The Morgan fingerprint density at radius 3 is 2.68 bits per heavy atom. The van der Waals surface area contributed by atoms with Crippen molar-refractivity contribution in [2.75, 3.05) is 6.61 Å². The molecule has 1 saturated carbocycles. The number of ether oxygens (including phenoxy) is 2. The number of amides is 1. The Morgan fingerprint density at radius 1 is 1.18 bits per heavy atom. The predicted octanol–water partition coefficient (Wildman–Crippen LogP) is 4.53. The minimum Gasteiger partial charge on any atom is -0.490 e. The molecule has 2 aromatic carbocycles. The van der Waals surface area contributed by atoms with Crippen LogP contribution in [0.3, 0.4) is 0 Å². The molecule has 0 radical (unpaired) electrons. The number of hydrogen-bond donors (Lipinski definition) is 0. The minimum absolute atomic E-state index is 0.0246. The van der Waals surface area contributed by atoms with Crippen LogP contribution >= 0.6 is 0 Å². The van der Waals surface area contributed by atoms with Crippen LogP contribution in [-0.2, 0) is 17.9 Å². The van der Waals surface area contributed by atoms with E-state index in [1.807, 2.05) is 30.3 Å². The number of carbonyl (C=O) groups excluding carboxylic acids is 1. The van der Waals surface area contributed by atoms with Gasteiger partial charge in [0.25, 0.3) is 0 Å². The smallest absolute Gasteiger partial charge is 0.387 e. The van der Waals surface area contributed by atoms with Crippen LogP contribution < -0.4 is 9.47 Å². The molecule has 0 spiro atoms. The zero-order valence-electron chi connectivity index (χ0n) is 18.8. The number of nitrogens with zero attached hydrogens (tertiary/aromatic N) is 4. The molecular weight excluding hydrogens is 442 g/mol. The van der Waals surface area contributed by atoms with Gasteiger partial charge in [0, 0.05) is 18.7 Å². The summed E-state index contributed by atoms with van der Waals surface area (Å²) in [6.07, 6.45) is 6.79. The average molecular weight is 469 g/mol. The molecule has 0 bridgehead atoms. The van der Waals surface area contributed by atoms with Crippen molar-refractivity contribution in [2.24, 2.45) is 0 Å². The summed E-state index contributed by atoms with van der Waals surface area (Å²) in [5.74, 6) is 0.0587. The summed E-state index contributed by atoms with van der Waals surface area (Å²) >= 11 is 0. The van der Waals surface area contributed by atoms with Crippen molar-refractivity contribution in [2.45, 2.75) is 45.5 Å². The molecule has 178 valence electrons. The second kappa shape index (κ2) is 10.9. The molecule has 1 aliphatic rings. The first-order valence-corrected chi connectivity index (χ1v) is 11.1. The number of carbonyl (C=O) groups is 1. The normalized spacial score (nSPS) is 13.4. The molecule has 1 aromatic heterocycles. The SMILES string of the molecule is CCOc1cc(CN(C(=O)/C=C/c2cn(Cc3ccccc3)nn2)C2CC2)ccc1OC(F)F. The van der Waals surface area contributed by atoms with Gasteiger partial charge in [0.2, 0.25) is 5.91 Å². The summed E-state index contributed by atoms with van der Waals surface area (Å²) in [6.45, 7) is 0.0630. The van der Waals surface area contributed by atoms with E-state index >= 15 is 0 Å². The van der Waals surface area contributed by atoms with Gasteiger partial charge in [-0.25, -0.2) is 4.68 Å². The Hall–Kier alpha value is -3.75. The maximum Gasteiger partial charge on any atom is 0.387 e. The summed E-state index contributed by atoms with van der Waals surface area (Å²) in [5, 5.41) is 8.23. The molecule has 0 aliphatic heterocycles. The summed E-state index contributed by atoms with van der Waals surface area (Å²) in [5.41, 5.74) is 2.47. The monoisotopic (exact) mass is 468 g/mol. The van der Waals surface area contributed by atoms with Crippen molar-refractivity contribution in [3.8, 4) is 11.5 Å². The fourth-order valence-corrected chi connectivity index (χ4v) is 3.57. The minimum atomic E-state index is -2.94. The van der Waals surface area contributed by atoms with Crippen LogP contribution in [0, 0.1) is 0 Å². The van der Waals surface area contributed by atoms with Gasteiger partial charge in [-0.05, 0) is 49.1 Å². The van der Waals surface area contributed by atoms with Crippen LogP contribution in [0.25, 0.3) is 6.08 Å². The summed E-state index contributed by atoms with van der Waals surface area (Å²) in [4.78, 5) is 14.7. The molecule has 1 aliphatic carbocycles. The maximum atomic E-state index is 13.0. The standard InChI is InChI=1S/C25H26F2N4O3/c1-2-33-23-14-19(8-12-22(23)34-25(26)27)16-31(21-10-11-21)24(32)13-9-20-17-30(29-28-20)15-18-6-4-3-5-7-18/h3-9,12-14,17,21,25H,2,10-11,15-16H2,1H3/b13-9+. The Labute approximate surface area is 196 Å². The molecule has 3 aromatic rings. The molecule has 9 heteroatoms. The van der Waals surface area contributed by atoms with Crippen LogP contribution in [0.5, 0.6) is 11.5 Å². The second-order valence-electron chi connectivity index (χ2n) is 7.95. The van der Waals surface area contributed by atoms with Crippen molar-refractivity contribution < 1.29 is 23.0 Å². The van der Waals surface area contributed by atoms with Crippen LogP contribution in [0.4, 0.5) is 8.78 Å². The fraction of sp³-hybridized carbons (Fsp3) is 0.320. The Bertz CT molecular complexity index is 1130. The topological polar surface area (TPSA) is 69.5 Å². The van der Waals surface area contributed by atoms with Crippen molar-refractivity contribution in [3.05, 3.63) is 77.6 Å². The number of aromatic nitrogens is 3. The average Bonchev–Trinajstić information content (AvgIpc) is 3.57. The van der Waals surface area contributed by atoms with Gasteiger partial charge in [-0.15, -0.1) is 5.10 Å². The van der Waals surface area contributed by atoms with Crippen LogP contribution in [0.1, 0.15) is 36.6 Å². The molecule has 4 rings (SSSR count). The zero-order chi connectivity index (χ0) is 23.9. The van der Waals surface area contributed by atoms with Crippen LogP contribution in [0.2, 0.25) is 0 Å². The first-order valence-electron chi connectivity index (χ1n) is 11.1. The van der Waals surface area contributed by atoms with Gasteiger partial charge in [-0.2, -0.15) is 8.78 Å². The quantitative estimate of drug-likeness (QED) is 0.387. The third-order valence-electron chi connectivity index (χ3n) is 5.29. The van der Waals surface area contributed by atoms with E-state index < -0.39 is 6.61 Å². The summed E-state index contributed by atoms with van der Waals surface area (Å²) in [7, 11) is 0. The highest BCUT2D eigenvalue weighted by Gasteiger charge is 2.31. The summed E-state index contributed by atoms with van der Waals surface area (Å²) < 4.78 is 37.0. The molecule has 1 heterocycles. The molecule has 1 amide bonds. The molecule has 0 unspecified atom stereocenters. The van der Waals surface area contributed by atoms with Gasteiger partial charge in [0.15, 0.2) is 11.5 Å². The lowest BCUT2D eigenvalue weighted by Gasteiger charge is -2.22. The Balaban J connectivity index is 1.42. The number of hydrogen-bond acceptors (Lipinski definition) is 5. The molecule has 7 nitrogen and oxygen atoms in total. The van der Waals surface area contributed by atoms with Gasteiger partial charge in [0.05, 0.1) is 19.3 Å². The maximum absolute atomic E-state index is 13.0. The van der Waals surface area contributed by atoms with Crippen LogP contribution in [0.15, 0.2) is 60.8 Å². The lowest BCUT2D eigenvalue weighted by Crippen LogP contribution is -2.31. The third-order valence-corrected chi connectivity index (χ3v) is 5.29. The van der Waals surface area contributed by atoms with Gasteiger partial charge >= 0.3 is 6.61 Å². The fourth-order valence-electron chi connectivity index (χ4n) is 3.57. The van der Waals surface area contributed by atoms with Crippen molar-refractivity contribution in [1.82, 2.24) is 19.9 Å². The summed E-state index contributed by atoms with van der Waals surface area (Å²) in [6, 6.07) is 14.8. The van der Waals surface area contributed by atoms with E-state index in [2.05, 4.69) is 15.0 Å². The molecule has 1 fully saturated rings. The van der Waals surface area contributed by atoms with Crippen molar-refractivity contribution in [1.29, 1.82) is 0 Å². The van der Waals surface area contributed by atoms with Gasteiger partial charge in [0.1, 0.15) is 5.69 Å². The highest BCUT2D eigenvalue weighted by atomic mass is 19.3. The highest BCUT2D eigenvalue weighted by molar-refractivity contribution is 5.91. The molecule has 0 saturated heterocycles. The molecule has 0 N–H and O–H groups in total. The van der Waals surface area contributed by atoms with E-state index in [9.17, 15) is 13.6 Å². The van der Waals surface area contributed by atoms with E-state index in [1.54, 1.807) is 40.9 Å². The van der Waals surface area contributed by atoms with Crippen molar-refractivity contribution >= 4 is 12.0 Å². The zero-order valence-corrected chi connectivity index (χ0v) is 18.8. The van der Waals surface area contributed by atoms with E-state index in [0.29, 0.717) is 25.4 Å². The van der Waals surface area contributed by atoms with Crippen molar-refractivity contribution in [3.63, 3.8) is 0 Å². The number of rotatable bonds is 11. The van der Waals surface area contributed by atoms with E-state index in [0.717, 1.165) is 24.0 Å². The van der Waals surface area contributed by atoms with Gasteiger partial charge in [-0.1, -0.05) is 41.6 Å².